The Morgan fingerprint density at radius 3 is 2.48 bits per heavy atom. The Bertz CT molecular complexity index is 583. The highest BCUT2D eigenvalue weighted by Gasteiger charge is 2.39. The van der Waals surface area contributed by atoms with Crippen molar-refractivity contribution in [2.45, 2.75) is 66.4 Å². The van der Waals surface area contributed by atoms with Crippen LogP contribution in [0.15, 0.2) is 22.8 Å². The highest BCUT2D eigenvalue weighted by molar-refractivity contribution is 5.90. The van der Waals surface area contributed by atoms with Gasteiger partial charge < -0.3 is 9.47 Å². The molecule has 0 amide bonds. The van der Waals surface area contributed by atoms with Gasteiger partial charge in [0.25, 0.3) is 0 Å². The molecule has 0 spiro atoms. The van der Waals surface area contributed by atoms with E-state index < -0.39 is 6.10 Å². The third-order valence-electron chi connectivity index (χ3n) is 5.50. The highest BCUT2D eigenvalue weighted by Crippen LogP contribution is 2.45. The van der Waals surface area contributed by atoms with Crippen LogP contribution in [0.1, 0.15) is 60.3 Å². The lowest BCUT2D eigenvalue weighted by atomic mass is 9.66. The fourth-order valence-corrected chi connectivity index (χ4v) is 4.12. The predicted molar refractivity (Wildman–Crippen MR) is 97.8 cm³/mol. The molecule has 140 valence electrons. The smallest absolute Gasteiger partial charge is 0.337 e. The molecule has 3 atom stereocenters. The second kappa shape index (κ2) is 8.20. The van der Waals surface area contributed by atoms with E-state index in [-0.39, 0.29) is 23.8 Å². The minimum Gasteiger partial charge on any atom is -0.466 e. The molecule has 25 heavy (non-hydrogen) atoms. The summed E-state index contributed by atoms with van der Waals surface area (Å²) in [5.74, 6) is 0.919. The Morgan fingerprint density at radius 1 is 1.24 bits per heavy atom. The van der Waals surface area contributed by atoms with Crippen LogP contribution in [-0.4, -0.2) is 25.2 Å². The van der Waals surface area contributed by atoms with E-state index in [0.29, 0.717) is 30.3 Å². The first-order chi connectivity index (χ1) is 11.7. The van der Waals surface area contributed by atoms with Crippen LogP contribution < -0.4 is 0 Å². The first kappa shape index (κ1) is 19.7. The molecule has 0 aliphatic heterocycles. The molecule has 0 aromatic heterocycles. The monoisotopic (exact) mass is 348 g/mol. The summed E-state index contributed by atoms with van der Waals surface area (Å²) in [5.41, 5.74) is 3.24. The van der Waals surface area contributed by atoms with E-state index in [0.717, 1.165) is 12.8 Å². The third kappa shape index (κ3) is 4.53. The number of ether oxygens (including phenoxy) is 2. The summed E-state index contributed by atoms with van der Waals surface area (Å²) >= 11 is 0. The van der Waals surface area contributed by atoms with E-state index >= 15 is 0 Å². The number of esters is 2. The van der Waals surface area contributed by atoms with Crippen LogP contribution in [0.4, 0.5) is 0 Å². The first-order valence-corrected chi connectivity index (χ1v) is 9.42. The van der Waals surface area contributed by atoms with Gasteiger partial charge in [0.1, 0.15) is 6.10 Å². The van der Waals surface area contributed by atoms with Crippen LogP contribution in [0.5, 0.6) is 0 Å². The first-order valence-electron chi connectivity index (χ1n) is 9.42. The van der Waals surface area contributed by atoms with Crippen LogP contribution in [0, 0.1) is 23.7 Å². The fourth-order valence-electron chi connectivity index (χ4n) is 4.12. The number of allylic oxidation sites excluding steroid dienone is 2. The summed E-state index contributed by atoms with van der Waals surface area (Å²) in [6.45, 7) is 10.6. The Labute approximate surface area is 151 Å². The zero-order chi connectivity index (χ0) is 18.7. The number of fused-ring (bicyclic) bond motifs is 1. The number of methoxy groups -OCH3 is 1. The molecular weight excluding hydrogens is 316 g/mol. The number of carbonyl (C=O) groups excluding carboxylic acids is 2. The maximum absolute atomic E-state index is 12.3. The van der Waals surface area contributed by atoms with Crippen molar-refractivity contribution in [3.8, 4) is 0 Å². The molecule has 4 heteroatoms. The SMILES string of the molecule is COC(=O)C1=CC2C(=C(C)CCC2C(C)C)CC1OC(=O)CC(C)C. The lowest BCUT2D eigenvalue weighted by molar-refractivity contribution is -0.150. The van der Waals surface area contributed by atoms with Gasteiger partial charge in [-0.3, -0.25) is 4.79 Å². The van der Waals surface area contributed by atoms with Gasteiger partial charge in [-0.25, -0.2) is 4.79 Å². The third-order valence-corrected chi connectivity index (χ3v) is 5.50. The molecule has 2 rings (SSSR count). The second-order valence-electron chi connectivity index (χ2n) is 8.17. The van der Waals surface area contributed by atoms with Crippen molar-refractivity contribution < 1.29 is 19.1 Å². The van der Waals surface area contributed by atoms with Gasteiger partial charge in [0, 0.05) is 18.8 Å². The van der Waals surface area contributed by atoms with Gasteiger partial charge in [-0.15, -0.1) is 0 Å². The molecule has 0 aromatic rings. The molecule has 4 nitrogen and oxygen atoms in total. The Kier molecular flexibility index (Phi) is 6.47. The van der Waals surface area contributed by atoms with Gasteiger partial charge in [0.2, 0.25) is 0 Å². The average Bonchev–Trinajstić information content (AvgIpc) is 2.53. The van der Waals surface area contributed by atoms with E-state index in [1.54, 1.807) is 0 Å². The zero-order valence-electron chi connectivity index (χ0n) is 16.4. The molecule has 0 saturated carbocycles. The standard InChI is InChI=1S/C21H32O4/c1-12(2)9-20(22)25-19-11-16-14(5)7-8-15(13(3)4)17(16)10-18(19)21(23)24-6/h10,12-13,15,17,19H,7-9,11H2,1-6H3. The van der Waals surface area contributed by atoms with Crippen LogP contribution >= 0.6 is 0 Å². The van der Waals surface area contributed by atoms with E-state index in [1.165, 1.54) is 18.3 Å². The Balaban J connectivity index is 2.35. The van der Waals surface area contributed by atoms with Gasteiger partial charge in [0.05, 0.1) is 12.7 Å². The highest BCUT2D eigenvalue weighted by atomic mass is 16.6. The van der Waals surface area contributed by atoms with Gasteiger partial charge in [-0.1, -0.05) is 44.9 Å². The topological polar surface area (TPSA) is 52.6 Å². The van der Waals surface area contributed by atoms with Crippen LogP contribution in [0.3, 0.4) is 0 Å². The van der Waals surface area contributed by atoms with Crippen LogP contribution in [0.25, 0.3) is 0 Å². The number of hydrogen-bond donors (Lipinski definition) is 0. The van der Waals surface area contributed by atoms with Crippen molar-refractivity contribution in [1.82, 2.24) is 0 Å². The summed E-state index contributed by atoms with van der Waals surface area (Å²) < 4.78 is 10.7. The van der Waals surface area contributed by atoms with Gasteiger partial charge >= 0.3 is 11.9 Å². The summed E-state index contributed by atoms with van der Waals surface area (Å²) in [6.07, 6.45) is 4.70. The lowest BCUT2D eigenvalue weighted by Gasteiger charge is -2.40. The van der Waals surface area contributed by atoms with Crippen molar-refractivity contribution in [1.29, 1.82) is 0 Å². The lowest BCUT2D eigenvalue weighted by Crippen LogP contribution is -2.36. The molecule has 0 radical (unpaired) electrons. The molecule has 0 bridgehead atoms. The Hall–Kier alpha value is -1.58. The molecule has 0 aromatic carbocycles. The van der Waals surface area contributed by atoms with Crippen LogP contribution in [0.2, 0.25) is 0 Å². The van der Waals surface area contributed by atoms with Crippen molar-refractivity contribution >= 4 is 11.9 Å². The largest absolute Gasteiger partial charge is 0.466 e. The summed E-state index contributed by atoms with van der Waals surface area (Å²) in [5, 5.41) is 0. The molecular formula is C21H32O4. The number of carbonyl (C=O) groups is 2. The minimum absolute atomic E-state index is 0.232. The van der Waals surface area contributed by atoms with E-state index in [4.69, 9.17) is 9.47 Å². The molecule has 0 saturated heterocycles. The van der Waals surface area contributed by atoms with Crippen molar-refractivity contribution in [2.75, 3.05) is 7.11 Å². The summed E-state index contributed by atoms with van der Waals surface area (Å²) in [4.78, 5) is 24.5. The van der Waals surface area contributed by atoms with Crippen molar-refractivity contribution in [3.05, 3.63) is 22.8 Å². The second-order valence-corrected chi connectivity index (χ2v) is 8.17. The van der Waals surface area contributed by atoms with E-state index in [9.17, 15) is 9.59 Å². The van der Waals surface area contributed by atoms with Crippen LogP contribution in [-0.2, 0) is 19.1 Å². The summed E-state index contributed by atoms with van der Waals surface area (Å²) in [7, 11) is 1.38. The fraction of sp³-hybridized carbons (Fsp3) is 0.714. The maximum Gasteiger partial charge on any atom is 0.337 e. The van der Waals surface area contributed by atoms with E-state index in [2.05, 4.69) is 20.8 Å². The molecule has 2 aliphatic rings. The van der Waals surface area contributed by atoms with Gasteiger partial charge in [-0.05, 0) is 37.5 Å². The molecule has 0 fully saturated rings. The summed E-state index contributed by atoms with van der Waals surface area (Å²) in [6, 6.07) is 0. The van der Waals surface area contributed by atoms with E-state index in [1.807, 2.05) is 19.9 Å². The molecule has 0 N–H and O–H groups in total. The zero-order valence-corrected chi connectivity index (χ0v) is 16.4. The van der Waals surface area contributed by atoms with Crippen molar-refractivity contribution in [2.24, 2.45) is 23.7 Å². The minimum atomic E-state index is -0.522. The van der Waals surface area contributed by atoms with Gasteiger partial charge in [0.15, 0.2) is 0 Å². The number of hydrogen-bond acceptors (Lipinski definition) is 4. The van der Waals surface area contributed by atoms with Gasteiger partial charge in [-0.2, -0.15) is 0 Å². The maximum atomic E-state index is 12.3. The number of rotatable bonds is 5. The Morgan fingerprint density at radius 2 is 1.92 bits per heavy atom. The molecule has 0 heterocycles. The molecule has 2 aliphatic carbocycles. The predicted octanol–water partition coefficient (Wildman–Crippen LogP) is 4.45. The average molecular weight is 348 g/mol. The van der Waals surface area contributed by atoms with Crippen molar-refractivity contribution in [3.63, 3.8) is 0 Å². The normalized spacial score (nSPS) is 26.4. The molecule has 3 unspecified atom stereocenters. The quantitative estimate of drug-likeness (QED) is 0.544.